The van der Waals surface area contributed by atoms with Gasteiger partial charge in [-0.1, -0.05) is 91.9 Å². The molecule has 4 aromatic carbocycles. The van der Waals surface area contributed by atoms with Crippen LogP contribution in [0.3, 0.4) is 0 Å². The van der Waals surface area contributed by atoms with Crippen LogP contribution < -0.4 is 5.32 Å². The van der Waals surface area contributed by atoms with Crippen molar-refractivity contribution in [3.05, 3.63) is 149 Å². The Balaban J connectivity index is 1.17. The van der Waals surface area contributed by atoms with Crippen LogP contribution in [0.15, 0.2) is 125 Å². The predicted molar refractivity (Wildman–Crippen MR) is 183 cm³/mol. The summed E-state index contributed by atoms with van der Waals surface area (Å²) in [6.45, 7) is 3.23. The van der Waals surface area contributed by atoms with Crippen LogP contribution >= 0.6 is 0 Å². The second-order valence-corrected chi connectivity index (χ2v) is 12.5. The normalized spacial score (nSPS) is 20.8. The standard InChI is InChI=1S/C41H28N2O/c1-41-28-8-3-9-29(41)23-33(30-10-2-6-24(12-15-28)38(30)41)26-14-17-37-35(21-26)34-20-25(13-16-36(34)44-37)32-22-27-7-4-18-42-39(27)40-31(32)11-5-19-43-40/h2-17,19-23,29,42H,18H2,1H3. The summed E-state index contributed by atoms with van der Waals surface area (Å²) < 4.78 is 6.40. The van der Waals surface area contributed by atoms with Crippen molar-refractivity contribution in [3.63, 3.8) is 0 Å². The van der Waals surface area contributed by atoms with Gasteiger partial charge in [-0.3, -0.25) is 4.98 Å². The molecule has 2 unspecified atom stereocenters. The molecule has 0 saturated heterocycles. The Hall–Kier alpha value is -5.41. The van der Waals surface area contributed by atoms with Crippen LogP contribution in [0.2, 0.25) is 0 Å². The highest BCUT2D eigenvalue weighted by Gasteiger charge is 2.44. The molecular weight excluding hydrogens is 536 g/mol. The molecule has 4 aliphatic rings. The summed E-state index contributed by atoms with van der Waals surface area (Å²) in [6, 6.07) is 26.5. The number of pyridine rings is 1. The fourth-order valence-electron chi connectivity index (χ4n) is 8.09. The van der Waals surface area contributed by atoms with Gasteiger partial charge in [0.15, 0.2) is 0 Å². The molecule has 0 amide bonds. The smallest absolute Gasteiger partial charge is 0.135 e. The van der Waals surface area contributed by atoms with Crippen LogP contribution in [0.1, 0.15) is 34.7 Å². The molecular formula is C41H28N2O. The van der Waals surface area contributed by atoms with Gasteiger partial charge in [-0.2, -0.15) is 0 Å². The first kappa shape index (κ1) is 24.1. The molecule has 3 heteroatoms. The predicted octanol–water partition coefficient (Wildman–Crippen LogP) is 10.1. The molecule has 208 valence electrons. The summed E-state index contributed by atoms with van der Waals surface area (Å²) in [5, 5.41) is 6.94. The van der Waals surface area contributed by atoms with Crippen molar-refractivity contribution in [3.8, 4) is 11.1 Å². The van der Waals surface area contributed by atoms with Gasteiger partial charge >= 0.3 is 0 Å². The molecule has 2 atom stereocenters. The number of nitrogens with one attached hydrogen (secondary N) is 1. The lowest BCUT2D eigenvalue weighted by molar-refractivity contribution is 0.468. The molecule has 1 N–H and O–H groups in total. The molecule has 1 aliphatic heterocycles. The van der Waals surface area contributed by atoms with E-state index in [-0.39, 0.29) is 5.41 Å². The summed E-state index contributed by atoms with van der Waals surface area (Å²) in [6.07, 6.45) is 20.2. The van der Waals surface area contributed by atoms with Crippen molar-refractivity contribution >= 4 is 56.3 Å². The number of hydrogen-bond acceptors (Lipinski definition) is 3. The first-order valence-electron chi connectivity index (χ1n) is 15.4. The Labute approximate surface area is 255 Å². The molecule has 0 spiro atoms. The summed E-state index contributed by atoms with van der Waals surface area (Å²) in [5.41, 5.74) is 15.4. The minimum absolute atomic E-state index is 0.0442. The van der Waals surface area contributed by atoms with Crippen LogP contribution in [-0.2, 0) is 5.41 Å². The highest BCUT2D eigenvalue weighted by atomic mass is 16.3. The molecule has 2 aromatic heterocycles. The van der Waals surface area contributed by atoms with Crippen LogP contribution in [-0.4, -0.2) is 11.5 Å². The summed E-state index contributed by atoms with van der Waals surface area (Å²) in [4.78, 5) is 4.78. The molecule has 0 fully saturated rings. The Kier molecular flexibility index (Phi) is 4.69. The Morgan fingerprint density at radius 1 is 0.818 bits per heavy atom. The Morgan fingerprint density at radius 3 is 2.59 bits per heavy atom. The zero-order valence-electron chi connectivity index (χ0n) is 24.3. The van der Waals surface area contributed by atoms with E-state index in [2.05, 4.69) is 128 Å². The van der Waals surface area contributed by atoms with Crippen molar-refractivity contribution in [2.45, 2.75) is 12.3 Å². The van der Waals surface area contributed by atoms with Gasteiger partial charge in [0.05, 0.1) is 11.2 Å². The minimum Gasteiger partial charge on any atom is -0.456 e. The van der Waals surface area contributed by atoms with E-state index < -0.39 is 0 Å². The lowest BCUT2D eigenvalue weighted by Crippen LogP contribution is -2.38. The molecule has 3 nitrogen and oxygen atoms in total. The number of furan rings is 1. The average Bonchev–Trinajstić information content (AvgIpc) is 3.44. The van der Waals surface area contributed by atoms with E-state index in [4.69, 9.17) is 9.40 Å². The van der Waals surface area contributed by atoms with E-state index in [1.807, 2.05) is 12.3 Å². The molecule has 0 saturated carbocycles. The van der Waals surface area contributed by atoms with Crippen molar-refractivity contribution < 1.29 is 4.42 Å². The lowest BCUT2D eigenvalue weighted by Gasteiger charge is -2.46. The Morgan fingerprint density at radius 2 is 1.68 bits per heavy atom. The van der Waals surface area contributed by atoms with Gasteiger partial charge in [-0.25, -0.2) is 0 Å². The van der Waals surface area contributed by atoms with E-state index in [1.165, 1.54) is 44.5 Å². The van der Waals surface area contributed by atoms with E-state index in [1.54, 1.807) is 0 Å². The molecule has 10 rings (SSSR count). The second kappa shape index (κ2) is 8.58. The first-order valence-corrected chi connectivity index (χ1v) is 15.4. The fourth-order valence-corrected chi connectivity index (χ4v) is 8.09. The maximum Gasteiger partial charge on any atom is 0.135 e. The average molecular weight is 565 g/mol. The highest BCUT2D eigenvalue weighted by Crippen LogP contribution is 2.54. The van der Waals surface area contributed by atoms with Crippen molar-refractivity contribution in [2.75, 3.05) is 11.9 Å². The van der Waals surface area contributed by atoms with Crippen LogP contribution in [0.5, 0.6) is 0 Å². The van der Waals surface area contributed by atoms with E-state index in [9.17, 15) is 0 Å². The van der Waals surface area contributed by atoms with E-state index >= 15 is 0 Å². The number of aromatic nitrogens is 1. The van der Waals surface area contributed by atoms with Crippen molar-refractivity contribution in [1.82, 2.24) is 4.98 Å². The third kappa shape index (κ3) is 3.13. The second-order valence-electron chi connectivity index (χ2n) is 12.5. The van der Waals surface area contributed by atoms with Crippen molar-refractivity contribution in [2.24, 2.45) is 5.92 Å². The molecule has 0 bridgehead atoms. The number of fused-ring (bicyclic) bond motifs is 6. The van der Waals surface area contributed by atoms with Gasteiger partial charge in [-0.15, -0.1) is 0 Å². The van der Waals surface area contributed by atoms with Gasteiger partial charge in [0, 0.05) is 45.8 Å². The van der Waals surface area contributed by atoms with Crippen LogP contribution in [0.25, 0.3) is 61.7 Å². The van der Waals surface area contributed by atoms with Gasteiger partial charge in [-0.05, 0) is 80.9 Å². The van der Waals surface area contributed by atoms with Gasteiger partial charge < -0.3 is 9.73 Å². The number of anilines is 1. The number of nitrogens with zero attached hydrogens (tertiary/aromatic N) is 1. The molecule has 6 aromatic rings. The Bertz CT molecular complexity index is 2410. The zero-order valence-corrected chi connectivity index (χ0v) is 24.3. The van der Waals surface area contributed by atoms with Crippen LogP contribution in [0.4, 0.5) is 5.69 Å². The number of rotatable bonds is 2. The fraction of sp³-hybridized carbons (Fsp3) is 0.0976. The molecule has 3 heterocycles. The molecule has 0 radical (unpaired) electrons. The van der Waals surface area contributed by atoms with E-state index in [0.717, 1.165) is 50.6 Å². The largest absolute Gasteiger partial charge is 0.456 e. The topological polar surface area (TPSA) is 38.1 Å². The number of allylic oxidation sites excluding steroid dienone is 6. The number of benzene rings is 4. The maximum absolute atomic E-state index is 6.40. The monoisotopic (exact) mass is 564 g/mol. The summed E-state index contributed by atoms with van der Waals surface area (Å²) >= 11 is 0. The van der Waals surface area contributed by atoms with Crippen LogP contribution in [0, 0.1) is 5.92 Å². The van der Waals surface area contributed by atoms with Gasteiger partial charge in [0.2, 0.25) is 0 Å². The molecule has 44 heavy (non-hydrogen) atoms. The third-order valence-electron chi connectivity index (χ3n) is 10.3. The lowest BCUT2D eigenvalue weighted by atomic mass is 9.57. The zero-order chi connectivity index (χ0) is 29.0. The maximum atomic E-state index is 6.40. The minimum atomic E-state index is -0.0442. The van der Waals surface area contributed by atoms with Crippen molar-refractivity contribution in [1.29, 1.82) is 0 Å². The van der Waals surface area contributed by atoms with Gasteiger partial charge in [0.25, 0.3) is 0 Å². The third-order valence-corrected chi connectivity index (χ3v) is 10.3. The molecule has 3 aliphatic carbocycles. The van der Waals surface area contributed by atoms with Gasteiger partial charge in [0.1, 0.15) is 11.2 Å². The quantitative estimate of drug-likeness (QED) is 0.227. The SMILES string of the molecule is CC12C3=CC=CC1C=C(c1ccc4oc5ccc(-c6cc7c(c8ncccc68)NCC=C7)cc5c4c1)c1cccc(c12)C=C3. The van der Waals surface area contributed by atoms with E-state index in [0.29, 0.717) is 5.92 Å². The summed E-state index contributed by atoms with van der Waals surface area (Å²) in [5.74, 6) is 0.300. The summed E-state index contributed by atoms with van der Waals surface area (Å²) in [7, 11) is 0. The highest BCUT2D eigenvalue weighted by molar-refractivity contribution is 6.10. The first-order chi connectivity index (χ1) is 21.7. The number of hydrogen-bond donors (Lipinski definition) is 1.